The molecule has 1 aliphatic carbocycles. The van der Waals surface area contributed by atoms with Crippen LogP contribution in [0, 0.1) is 0 Å². The molecular weight excluding hydrogens is 280 g/mol. The van der Waals surface area contributed by atoms with Crippen LogP contribution in [0.15, 0.2) is 30.3 Å². The van der Waals surface area contributed by atoms with Crippen molar-refractivity contribution >= 4 is 23.1 Å². The van der Waals surface area contributed by atoms with E-state index in [9.17, 15) is 4.79 Å². The summed E-state index contributed by atoms with van der Waals surface area (Å²) in [6.07, 6.45) is 6.22. The molecule has 0 radical (unpaired) electrons. The Balaban J connectivity index is 2.13. The zero-order chi connectivity index (χ0) is 15.3. The number of carbonyl (C=O) groups is 1. The van der Waals surface area contributed by atoms with Crippen molar-refractivity contribution in [3.8, 4) is 0 Å². The molecule has 1 amide bonds. The summed E-state index contributed by atoms with van der Waals surface area (Å²) in [6, 6.07) is 9.81. The Morgan fingerprint density at radius 2 is 1.76 bits per heavy atom. The van der Waals surface area contributed by atoms with Gasteiger partial charge < -0.3 is 11.1 Å². The van der Waals surface area contributed by atoms with E-state index in [1.54, 1.807) is 0 Å². The lowest BCUT2D eigenvalue weighted by Gasteiger charge is -2.34. The molecule has 1 aromatic carbocycles. The molecule has 3 N–H and O–H groups in total. The van der Waals surface area contributed by atoms with E-state index in [1.807, 2.05) is 37.3 Å². The van der Waals surface area contributed by atoms with Crippen molar-refractivity contribution in [2.24, 2.45) is 5.73 Å². The number of nitrogens with two attached hydrogens (primary N) is 1. The molecule has 114 valence electrons. The minimum Gasteiger partial charge on any atom is -0.391 e. The predicted molar refractivity (Wildman–Crippen MR) is 90.2 cm³/mol. The number of nitrogens with one attached hydrogen (secondary N) is 1. The first-order chi connectivity index (χ1) is 10.1. The SMILES string of the molecule is CC(C(=O)NC1(C(N)=S)CCCCCC1)c1ccccc1. The van der Waals surface area contributed by atoms with Gasteiger partial charge in [0, 0.05) is 0 Å². The summed E-state index contributed by atoms with van der Waals surface area (Å²) in [4.78, 5) is 13.0. The Morgan fingerprint density at radius 3 is 2.29 bits per heavy atom. The van der Waals surface area contributed by atoms with E-state index in [0.717, 1.165) is 31.2 Å². The van der Waals surface area contributed by atoms with Gasteiger partial charge in [0.1, 0.15) is 0 Å². The van der Waals surface area contributed by atoms with Gasteiger partial charge in [-0.05, 0) is 25.3 Å². The Morgan fingerprint density at radius 1 is 1.19 bits per heavy atom. The van der Waals surface area contributed by atoms with Crippen LogP contribution >= 0.6 is 12.2 Å². The first-order valence-corrected chi connectivity index (χ1v) is 8.13. The molecule has 1 fully saturated rings. The molecule has 1 atom stereocenters. The van der Waals surface area contributed by atoms with E-state index in [4.69, 9.17) is 18.0 Å². The highest BCUT2D eigenvalue weighted by Crippen LogP contribution is 2.28. The van der Waals surface area contributed by atoms with Gasteiger partial charge in [0.15, 0.2) is 0 Å². The van der Waals surface area contributed by atoms with Crippen molar-refractivity contribution in [1.29, 1.82) is 0 Å². The van der Waals surface area contributed by atoms with E-state index in [-0.39, 0.29) is 11.8 Å². The number of thiocarbonyl (C=S) groups is 1. The van der Waals surface area contributed by atoms with Crippen molar-refractivity contribution in [3.05, 3.63) is 35.9 Å². The van der Waals surface area contributed by atoms with Crippen LogP contribution in [-0.4, -0.2) is 16.4 Å². The summed E-state index contributed by atoms with van der Waals surface area (Å²) in [5, 5.41) is 3.16. The van der Waals surface area contributed by atoms with Crippen LogP contribution in [0.1, 0.15) is 56.9 Å². The maximum Gasteiger partial charge on any atom is 0.228 e. The van der Waals surface area contributed by atoms with Gasteiger partial charge in [0.25, 0.3) is 0 Å². The van der Waals surface area contributed by atoms with E-state index in [2.05, 4.69) is 5.32 Å². The molecule has 1 saturated carbocycles. The predicted octanol–water partition coefficient (Wildman–Crippen LogP) is 3.29. The second-order valence-corrected chi connectivity index (χ2v) is 6.42. The third-order valence-electron chi connectivity index (χ3n) is 4.48. The van der Waals surface area contributed by atoms with Crippen LogP contribution in [0.5, 0.6) is 0 Å². The smallest absolute Gasteiger partial charge is 0.228 e. The van der Waals surface area contributed by atoms with Crippen LogP contribution in [0.25, 0.3) is 0 Å². The van der Waals surface area contributed by atoms with Gasteiger partial charge in [0.05, 0.1) is 16.4 Å². The zero-order valence-electron chi connectivity index (χ0n) is 12.6. The van der Waals surface area contributed by atoms with Crippen molar-refractivity contribution in [1.82, 2.24) is 5.32 Å². The third kappa shape index (κ3) is 3.82. The van der Waals surface area contributed by atoms with E-state index in [1.165, 1.54) is 12.8 Å². The fourth-order valence-electron chi connectivity index (χ4n) is 3.00. The summed E-state index contributed by atoms with van der Waals surface area (Å²) < 4.78 is 0. The van der Waals surface area contributed by atoms with Crippen molar-refractivity contribution in [2.45, 2.75) is 56.9 Å². The van der Waals surface area contributed by atoms with Crippen LogP contribution in [-0.2, 0) is 4.79 Å². The van der Waals surface area contributed by atoms with Crippen molar-refractivity contribution < 1.29 is 4.79 Å². The highest BCUT2D eigenvalue weighted by atomic mass is 32.1. The third-order valence-corrected chi connectivity index (χ3v) is 4.87. The van der Waals surface area contributed by atoms with Crippen molar-refractivity contribution in [3.63, 3.8) is 0 Å². The molecule has 4 heteroatoms. The first kappa shape index (κ1) is 16.0. The van der Waals surface area contributed by atoms with E-state index in [0.29, 0.717) is 4.99 Å². The number of hydrogen-bond acceptors (Lipinski definition) is 2. The topological polar surface area (TPSA) is 55.1 Å². The number of rotatable bonds is 4. The minimum absolute atomic E-state index is 0.0101. The highest BCUT2D eigenvalue weighted by Gasteiger charge is 2.36. The fourth-order valence-corrected chi connectivity index (χ4v) is 3.26. The lowest BCUT2D eigenvalue weighted by molar-refractivity contribution is -0.123. The van der Waals surface area contributed by atoms with Gasteiger partial charge in [0.2, 0.25) is 5.91 Å². The molecule has 0 aromatic heterocycles. The molecule has 0 bridgehead atoms. The highest BCUT2D eigenvalue weighted by molar-refractivity contribution is 7.80. The maximum atomic E-state index is 12.6. The standard InChI is InChI=1S/C17H24N2OS/c1-13(14-9-5-4-6-10-14)15(20)19-17(16(18)21)11-7-2-3-8-12-17/h4-6,9-10,13H,2-3,7-8,11-12H2,1H3,(H2,18,21)(H,19,20). The average Bonchev–Trinajstić information content (AvgIpc) is 2.74. The van der Waals surface area contributed by atoms with Gasteiger partial charge in [-0.3, -0.25) is 4.79 Å². The maximum absolute atomic E-state index is 12.6. The molecule has 0 spiro atoms. The van der Waals surface area contributed by atoms with Gasteiger partial charge >= 0.3 is 0 Å². The fraction of sp³-hybridized carbons (Fsp3) is 0.529. The summed E-state index contributed by atoms with van der Waals surface area (Å²) in [6.45, 7) is 1.93. The minimum atomic E-state index is -0.494. The van der Waals surface area contributed by atoms with Gasteiger partial charge in [-0.1, -0.05) is 68.2 Å². The lowest BCUT2D eigenvalue weighted by atomic mass is 9.88. The zero-order valence-corrected chi connectivity index (χ0v) is 13.4. The monoisotopic (exact) mass is 304 g/mol. The number of hydrogen-bond donors (Lipinski definition) is 2. The Bertz CT molecular complexity index is 493. The molecular formula is C17H24N2OS. The number of carbonyl (C=O) groups excluding carboxylic acids is 1. The molecule has 1 unspecified atom stereocenters. The van der Waals surface area contributed by atoms with Crippen LogP contribution < -0.4 is 11.1 Å². The van der Waals surface area contributed by atoms with Crippen LogP contribution in [0.3, 0.4) is 0 Å². The van der Waals surface area contributed by atoms with Gasteiger partial charge in [-0.2, -0.15) is 0 Å². The van der Waals surface area contributed by atoms with E-state index < -0.39 is 5.54 Å². The van der Waals surface area contributed by atoms with Gasteiger partial charge in [-0.25, -0.2) is 0 Å². The second-order valence-electron chi connectivity index (χ2n) is 5.98. The molecule has 21 heavy (non-hydrogen) atoms. The molecule has 1 aliphatic rings. The lowest BCUT2D eigenvalue weighted by Crippen LogP contribution is -2.57. The van der Waals surface area contributed by atoms with Gasteiger partial charge in [-0.15, -0.1) is 0 Å². The van der Waals surface area contributed by atoms with Crippen LogP contribution in [0.4, 0.5) is 0 Å². The number of amides is 1. The summed E-state index contributed by atoms with van der Waals surface area (Å²) in [5.41, 5.74) is 6.50. The molecule has 1 aromatic rings. The molecule has 3 nitrogen and oxygen atoms in total. The summed E-state index contributed by atoms with van der Waals surface area (Å²) in [5.74, 6) is -0.184. The van der Waals surface area contributed by atoms with E-state index >= 15 is 0 Å². The Hall–Kier alpha value is -1.42. The molecule has 0 aliphatic heterocycles. The number of benzene rings is 1. The average molecular weight is 304 g/mol. The molecule has 2 rings (SSSR count). The summed E-state index contributed by atoms with van der Waals surface area (Å²) in [7, 11) is 0. The Labute approximate surface area is 132 Å². The quantitative estimate of drug-likeness (QED) is 0.663. The summed E-state index contributed by atoms with van der Waals surface area (Å²) >= 11 is 5.27. The van der Waals surface area contributed by atoms with Crippen molar-refractivity contribution in [2.75, 3.05) is 0 Å². The molecule has 0 saturated heterocycles. The second kappa shape index (κ2) is 7.03. The normalized spacial score (nSPS) is 19.3. The first-order valence-electron chi connectivity index (χ1n) is 7.72. The largest absolute Gasteiger partial charge is 0.391 e. The van der Waals surface area contributed by atoms with Crippen LogP contribution in [0.2, 0.25) is 0 Å². The Kier molecular flexibility index (Phi) is 5.34. The molecule has 0 heterocycles.